The lowest BCUT2D eigenvalue weighted by Crippen LogP contribution is -2.51. The minimum absolute atomic E-state index is 0.00376. The number of hydrogen-bond acceptors (Lipinski definition) is 6. The van der Waals surface area contributed by atoms with E-state index in [0.717, 1.165) is 6.26 Å². The van der Waals surface area contributed by atoms with E-state index in [1.165, 1.54) is 6.07 Å². The number of piperazine rings is 1. The molecule has 1 aromatic carbocycles. The smallest absolute Gasteiger partial charge is 0.409 e. The molecule has 150 valence electrons. The number of amides is 2. The second-order valence-corrected chi connectivity index (χ2v) is 8.69. The van der Waals surface area contributed by atoms with Crippen LogP contribution in [-0.2, 0) is 19.4 Å². The Morgan fingerprint density at radius 1 is 1.19 bits per heavy atom. The van der Waals surface area contributed by atoms with Gasteiger partial charge in [-0.15, -0.1) is 0 Å². The average molecular weight is 418 g/mol. The van der Waals surface area contributed by atoms with Crippen molar-refractivity contribution in [3.8, 4) is 0 Å². The number of carbonyl (C=O) groups excluding carboxylic acids is 2. The molecule has 1 heterocycles. The van der Waals surface area contributed by atoms with Gasteiger partial charge in [-0.2, -0.15) is 0 Å². The maximum absolute atomic E-state index is 12.4. The molecular formula is C17H24ClN3O5S. The van der Waals surface area contributed by atoms with Crippen LogP contribution in [0.15, 0.2) is 17.0 Å². The molecule has 0 aliphatic carbocycles. The Kier molecular flexibility index (Phi) is 6.94. The summed E-state index contributed by atoms with van der Waals surface area (Å²) in [5, 5.41) is 3.25. The third kappa shape index (κ3) is 5.49. The van der Waals surface area contributed by atoms with E-state index < -0.39 is 9.84 Å². The van der Waals surface area contributed by atoms with Gasteiger partial charge in [0.1, 0.15) is 0 Å². The first-order chi connectivity index (χ1) is 12.6. The van der Waals surface area contributed by atoms with Crippen molar-refractivity contribution in [2.24, 2.45) is 0 Å². The molecule has 1 aromatic rings. The summed E-state index contributed by atoms with van der Waals surface area (Å²) in [6, 6.07) is 2.99. The molecule has 0 atom stereocenters. The van der Waals surface area contributed by atoms with E-state index in [2.05, 4.69) is 5.32 Å². The van der Waals surface area contributed by atoms with E-state index in [4.69, 9.17) is 16.3 Å². The van der Waals surface area contributed by atoms with Crippen LogP contribution >= 0.6 is 11.6 Å². The van der Waals surface area contributed by atoms with Gasteiger partial charge in [0.25, 0.3) is 0 Å². The fraction of sp³-hybridized carbons (Fsp3) is 0.529. The first kappa shape index (κ1) is 21.3. The van der Waals surface area contributed by atoms with Crippen molar-refractivity contribution in [1.82, 2.24) is 9.80 Å². The fourth-order valence-corrected chi connectivity index (χ4v) is 4.15. The molecule has 27 heavy (non-hydrogen) atoms. The summed E-state index contributed by atoms with van der Waals surface area (Å²) < 4.78 is 28.7. The number of hydrogen-bond donors (Lipinski definition) is 1. The minimum Gasteiger partial charge on any atom is -0.450 e. The van der Waals surface area contributed by atoms with Crippen molar-refractivity contribution in [3.05, 3.63) is 22.7 Å². The van der Waals surface area contributed by atoms with Gasteiger partial charge in [0.2, 0.25) is 5.91 Å². The lowest BCUT2D eigenvalue weighted by molar-refractivity contribution is -0.130. The minimum atomic E-state index is -3.43. The zero-order chi connectivity index (χ0) is 20.2. The predicted octanol–water partition coefficient (Wildman–Crippen LogP) is 1.76. The van der Waals surface area contributed by atoms with Gasteiger partial charge in [0.15, 0.2) is 9.84 Å². The summed E-state index contributed by atoms with van der Waals surface area (Å²) in [5.41, 5.74) is 1.02. The van der Waals surface area contributed by atoms with Crippen LogP contribution in [0.4, 0.5) is 10.5 Å². The Balaban J connectivity index is 1.97. The van der Waals surface area contributed by atoms with Crippen LogP contribution in [-0.4, -0.2) is 75.8 Å². The monoisotopic (exact) mass is 417 g/mol. The molecule has 0 spiro atoms. The van der Waals surface area contributed by atoms with Gasteiger partial charge in [-0.05, 0) is 31.5 Å². The van der Waals surface area contributed by atoms with E-state index in [1.807, 2.05) is 0 Å². The van der Waals surface area contributed by atoms with Gasteiger partial charge in [0.05, 0.1) is 18.0 Å². The van der Waals surface area contributed by atoms with E-state index in [1.54, 1.807) is 29.7 Å². The highest BCUT2D eigenvalue weighted by atomic mass is 35.5. The zero-order valence-corrected chi connectivity index (χ0v) is 17.2. The number of anilines is 1. The first-order valence-electron chi connectivity index (χ1n) is 8.57. The molecular weight excluding hydrogens is 394 g/mol. The molecule has 8 nitrogen and oxygen atoms in total. The molecule has 0 saturated carbocycles. The number of carbonyl (C=O) groups is 2. The Labute approximate surface area is 164 Å². The molecule has 2 rings (SSSR count). The third-order valence-electron chi connectivity index (χ3n) is 4.31. The number of nitrogens with one attached hydrogen (secondary N) is 1. The summed E-state index contributed by atoms with van der Waals surface area (Å²) in [5.74, 6) is -0.140. The number of ether oxygens (including phenoxy) is 1. The zero-order valence-electron chi connectivity index (χ0n) is 15.6. The van der Waals surface area contributed by atoms with Gasteiger partial charge < -0.3 is 19.9 Å². The summed E-state index contributed by atoms with van der Waals surface area (Å²) in [7, 11) is -3.43. The molecule has 0 aromatic heterocycles. The molecule has 1 saturated heterocycles. The van der Waals surface area contributed by atoms with Crippen LogP contribution in [0.2, 0.25) is 5.02 Å². The van der Waals surface area contributed by atoms with Crippen molar-refractivity contribution in [2.45, 2.75) is 18.7 Å². The van der Waals surface area contributed by atoms with E-state index in [-0.39, 0.29) is 28.5 Å². The standard InChI is InChI=1S/C17H24ClN3O5S/c1-4-26-17(23)21-7-5-20(6-8-21)16(22)11-19-14-9-13(18)10-15(12(14)2)27(3,24)25/h9-10,19H,4-8,11H2,1-3H3. The number of halogens is 1. The number of sulfone groups is 1. The molecule has 1 aliphatic heterocycles. The van der Waals surface area contributed by atoms with Crippen LogP contribution in [0, 0.1) is 6.92 Å². The second-order valence-electron chi connectivity index (χ2n) is 6.27. The van der Waals surface area contributed by atoms with Gasteiger partial charge in [-0.1, -0.05) is 11.6 Å². The summed E-state index contributed by atoms with van der Waals surface area (Å²) >= 11 is 6.01. The Morgan fingerprint density at radius 2 is 1.78 bits per heavy atom. The maximum atomic E-state index is 12.4. The molecule has 1 N–H and O–H groups in total. The number of nitrogens with zero attached hydrogens (tertiary/aromatic N) is 2. The van der Waals surface area contributed by atoms with Crippen LogP contribution in [0.5, 0.6) is 0 Å². The highest BCUT2D eigenvalue weighted by molar-refractivity contribution is 7.90. The Bertz CT molecular complexity index is 820. The normalized spacial score (nSPS) is 14.8. The first-order valence-corrected chi connectivity index (χ1v) is 10.8. The van der Waals surface area contributed by atoms with Gasteiger partial charge >= 0.3 is 6.09 Å². The van der Waals surface area contributed by atoms with Crippen molar-refractivity contribution >= 4 is 39.1 Å². The molecule has 0 unspecified atom stereocenters. The molecule has 1 aliphatic rings. The SMILES string of the molecule is CCOC(=O)N1CCN(C(=O)CNc2cc(Cl)cc(S(C)(=O)=O)c2C)CC1. The topological polar surface area (TPSA) is 96.0 Å². The highest BCUT2D eigenvalue weighted by Gasteiger charge is 2.25. The molecule has 0 radical (unpaired) electrons. The third-order valence-corrected chi connectivity index (χ3v) is 5.75. The summed E-state index contributed by atoms with van der Waals surface area (Å²) in [6.45, 7) is 5.40. The number of benzene rings is 1. The Morgan fingerprint density at radius 3 is 2.33 bits per heavy atom. The fourth-order valence-electron chi connectivity index (χ4n) is 2.86. The highest BCUT2D eigenvalue weighted by Crippen LogP contribution is 2.28. The van der Waals surface area contributed by atoms with Crippen LogP contribution in [0.1, 0.15) is 12.5 Å². The lowest BCUT2D eigenvalue weighted by atomic mass is 10.2. The average Bonchev–Trinajstić information content (AvgIpc) is 2.61. The number of rotatable bonds is 5. The summed E-state index contributed by atoms with van der Waals surface area (Å²) in [4.78, 5) is 27.5. The van der Waals surface area contributed by atoms with E-state index >= 15 is 0 Å². The van der Waals surface area contributed by atoms with Crippen molar-refractivity contribution in [3.63, 3.8) is 0 Å². The van der Waals surface area contributed by atoms with Crippen LogP contribution in [0.25, 0.3) is 0 Å². The van der Waals surface area contributed by atoms with Crippen molar-refractivity contribution in [1.29, 1.82) is 0 Å². The van der Waals surface area contributed by atoms with Gasteiger partial charge in [-0.25, -0.2) is 13.2 Å². The maximum Gasteiger partial charge on any atom is 0.409 e. The van der Waals surface area contributed by atoms with E-state index in [0.29, 0.717) is 44.0 Å². The molecule has 0 bridgehead atoms. The van der Waals surface area contributed by atoms with Gasteiger partial charge in [-0.3, -0.25) is 4.79 Å². The molecule has 1 fully saturated rings. The predicted molar refractivity (Wildman–Crippen MR) is 103 cm³/mol. The second kappa shape index (κ2) is 8.79. The van der Waals surface area contributed by atoms with Crippen molar-refractivity contribution in [2.75, 3.05) is 50.9 Å². The molecule has 10 heteroatoms. The lowest BCUT2D eigenvalue weighted by Gasteiger charge is -2.34. The van der Waals surface area contributed by atoms with Crippen molar-refractivity contribution < 1.29 is 22.7 Å². The molecule has 2 amide bonds. The Hall–Kier alpha value is -2.00. The van der Waals surface area contributed by atoms with Gasteiger partial charge in [0, 0.05) is 43.1 Å². The quantitative estimate of drug-likeness (QED) is 0.784. The summed E-state index contributed by atoms with van der Waals surface area (Å²) in [6.07, 6.45) is 0.745. The van der Waals surface area contributed by atoms with Crippen LogP contribution in [0.3, 0.4) is 0 Å². The van der Waals surface area contributed by atoms with E-state index in [9.17, 15) is 18.0 Å². The largest absolute Gasteiger partial charge is 0.450 e. The van der Waals surface area contributed by atoms with Crippen LogP contribution < -0.4 is 5.32 Å².